The highest BCUT2D eigenvalue weighted by atomic mass is 15.1. The van der Waals surface area contributed by atoms with Gasteiger partial charge in [-0.2, -0.15) is 0 Å². The second-order valence-corrected chi connectivity index (χ2v) is 5.34. The third-order valence-electron chi connectivity index (χ3n) is 3.97. The van der Waals surface area contributed by atoms with E-state index in [4.69, 9.17) is 0 Å². The molecule has 100 valence electrons. The van der Waals surface area contributed by atoms with Gasteiger partial charge in [-0.25, -0.2) is 0 Å². The van der Waals surface area contributed by atoms with Crippen LogP contribution in [0.1, 0.15) is 38.2 Å². The fraction of sp³-hybridized carbons (Fsp3) is 0.667. The molecule has 0 amide bonds. The monoisotopic (exact) mass is 247 g/mol. The molecule has 2 rings (SSSR count). The molecule has 1 aromatic rings. The van der Waals surface area contributed by atoms with Gasteiger partial charge in [-0.1, -0.05) is 13.0 Å². The minimum atomic E-state index is 0.736. The highest BCUT2D eigenvalue weighted by molar-refractivity contribution is 5.08. The normalized spacial score (nSPS) is 24.4. The number of nitrogens with zero attached hydrogens (tertiary/aromatic N) is 2. The van der Waals surface area contributed by atoms with Gasteiger partial charge < -0.3 is 5.32 Å². The van der Waals surface area contributed by atoms with Crippen LogP contribution in [0.4, 0.5) is 0 Å². The Kier molecular flexibility index (Phi) is 5.14. The van der Waals surface area contributed by atoms with Crippen molar-refractivity contribution < 1.29 is 0 Å². The number of aromatic nitrogens is 1. The number of rotatable bonds is 5. The van der Waals surface area contributed by atoms with Crippen molar-refractivity contribution in [3.05, 3.63) is 30.1 Å². The van der Waals surface area contributed by atoms with Crippen molar-refractivity contribution >= 4 is 0 Å². The maximum Gasteiger partial charge on any atom is 0.0312 e. The molecule has 1 aliphatic carbocycles. The molecule has 0 unspecified atom stereocenters. The van der Waals surface area contributed by atoms with E-state index < -0.39 is 0 Å². The van der Waals surface area contributed by atoms with Gasteiger partial charge >= 0.3 is 0 Å². The number of hydrogen-bond acceptors (Lipinski definition) is 3. The van der Waals surface area contributed by atoms with Crippen molar-refractivity contribution in [2.24, 2.45) is 0 Å². The Hall–Kier alpha value is -0.930. The molecule has 1 aromatic heterocycles. The third kappa shape index (κ3) is 3.79. The summed E-state index contributed by atoms with van der Waals surface area (Å²) in [6.45, 7) is 4.31. The molecule has 1 fully saturated rings. The van der Waals surface area contributed by atoms with E-state index in [1.165, 1.54) is 31.2 Å². The predicted octanol–water partition coefficient (Wildman–Crippen LogP) is 2.43. The first-order chi connectivity index (χ1) is 8.79. The fourth-order valence-corrected chi connectivity index (χ4v) is 2.92. The molecule has 1 N–H and O–H groups in total. The van der Waals surface area contributed by atoms with Crippen molar-refractivity contribution in [3.8, 4) is 0 Å². The largest absolute Gasteiger partial charge is 0.314 e. The Morgan fingerprint density at radius 1 is 1.33 bits per heavy atom. The Bertz CT molecular complexity index is 331. The standard InChI is InChI=1S/C15H25N3/c1-3-17-14-6-8-15(9-7-14)18(2)12-13-5-4-10-16-11-13/h4-5,10-11,14-15,17H,3,6-9,12H2,1-2H3. The average Bonchev–Trinajstić information content (AvgIpc) is 2.41. The van der Waals surface area contributed by atoms with E-state index in [-0.39, 0.29) is 0 Å². The van der Waals surface area contributed by atoms with Gasteiger partial charge in [-0.15, -0.1) is 0 Å². The Balaban J connectivity index is 1.79. The molecule has 0 saturated heterocycles. The van der Waals surface area contributed by atoms with Crippen LogP contribution in [0.25, 0.3) is 0 Å². The van der Waals surface area contributed by atoms with Gasteiger partial charge in [0, 0.05) is 31.0 Å². The van der Waals surface area contributed by atoms with Crippen LogP contribution in [0.15, 0.2) is 24.5 Å². The zero-order chi connectivity index (χ0) is 12.8. The molecular weight excluding hydrogens is 222 g/mol. The molecule has 18 heavy (non-hydrogen) atoms. The van der Waals surface area contributed by atoms with Crippen molar-refractivity contribution in [3.63, 3.8) is 0 Å². The summed E-state index contributed by atoms with van der Waals surface area (Å²) < 4.78 is 0. The summed E-state index contributed by atoms with van der Waals surface area (Å²) in [6.07, 6.45) is 9.07. The lowest BCUT2D eigenvalue weighted by Crippen LogP contribution is -2.40. The zero-order valence-corrected chi connectivity index (χ0v) is 11.6. The maximum atomic E-state index is 4.18. The molecule has 0 spiro atoms. The fourth-order valence-electron chi connectivity index (χ4n) is 2.92. The second kappa shape index (κ2) is 6.86. The minimum absolute atomic E-state index is 0.736. The lowest BCUT2D eigenvalue weighted by Gasteiger charge is -2.35. The van der Waals surface area contributed by atoms with Gasteiger partial charge in [0.25, 0.3) is 0 Å². The van der Waals surface area contributed by atoms with E-state index in [2.05, 4.69) is 35.2 Å². The van der Waals surface area contributed by atoms with Crippen LogP contribution in [0, 0.1) is 0 Å². The van der Waals surface area contributed by atoms with Crippen LogP contribution >= 0.6 is 0 Å². The van der Waals surface area contributed by atoms with Crippen LogP contribution in [0.2, 0.25) is 0 Å². The minimum Gasteiger partial charge on any atom is -0.314 e. The number of hydrogen-bond donors (Lipinski definition) is 1. The molecule has 1 saturated carbocycles. The van der Waals surface area contributed by atoms with E-state index in [9.17, 15) is 0 Å². The van der Waals surface area contributed by atoms with E-state index in [0.29, 0.717) is 0 Å². The average molecular weight is 247 g/mol. The molecule has 0 bridgehead atoms. The van der Waals surface area contributed by atoms with Crippen LogP contribution in [-0.4, -0.2) is 35.6 Å². The molecule has 0 aliphatic heterocycles. The third-order valence-corrected chi connectivity index (χ3v) is 3.97. The summed E-state index contributed by atoms with van der Waals surface area (Å²) in [7, 11) is 2.24. The quantitative estimate of drug-likeness (QED) is 0.866. The van der Waals surface area contributed by atoms with Crippen molar-refractivity contribution in [1.82, 2.24) is 15.2 Å². The molecule has 1 aliphatic rings. The first kappa shape index (κ1) is 13.5. The predicted molar refractivity (Wildman–Crippen MR) is 75.4 cm³/mol. The first-order valence-electron chi connectivity index (χ1n) is 7.12. The van der Waals surface area contributed by atoms with E-state index >= 15 is 0 Å². The number of pyridine rings is 1. The smallest absolute Gasteiger partial charge is 0.0312 e. The first-order valence-corrected chi connectivity index (χ1v) is 7.12. The van der Waals surface area contributed by atoms with Gasteiger partial charge in [0.1, 0.15) is 0 Å². The van der Waals surface area contributed by atoms with Crippen molar-refractivity contribution in [1.29, 1.82) is 0 Å². The lowest BCUT2D eigenvalue weighted by atomic mass is 9.90. The molecule has 0 atom stereocenters. The molecule has 0 aromatic carbocycles. The van der Waals surface area contributed by atoms with Gasteiger partial charge in [0.2, 0.25) is 0 Å². The Labute approximate surface area is 111 Å². The van der Waals surface area contributed by atoms with Gasteiger partial charge in [0.15, 0.2) is 0 Å². The zero-order valence-electron chi connectivity index (χ0n) is 11.6. The maximum absolute atomic E-state index is 4.18. The highest BCUT2D eigenvalue weighted by Gasteiger charge is 2.23. The van der Waals surface area contributed by atoms with Crippen molar-refractivity contribution in [2.75, 3.05) is 13.6 Å². The Morgan fingerprint density at radius 3 is 2.72 bits per heavy atom. The summed E-state index contributed by atoms with van der Waals surface area (Å²) in [5.41, 5.74) is 1.31. The van der Waals surface area contributed by atoms with Gasteiger partial charge in [0.05, 0.1) is 0 Å². The summed E-state index contributed by atoms with van der Waals surface area (Å²) in [6, 6.07) is 5.66. The van der Waals surface area contributed by atoms with Crippen LogP contribution < -0.4 is 5.32 Å². The van der Waals surface area contributed by atoms with Crippen LogP contribution in [-0.2, 0) is 6.54 Å². The molecule has 3 nitrogen and oxygen atoms in total. The molecule has 3 heteroatoms. The Morgan fingerprint density at radius 2 is 2.11 bits per heavy atom. The molecule has 0 radical (unpaired) electrons. The summed E-state index contributed by atoms with van der Waals surface area (Å²) >= 11 is 0. The van der Waals surface area contributed by atoms with E-state index in [0.717, 1.165) is 25.2 Å². The van der Waals surface area contributed by atoms with Crippen LogP contribution in [0.5, 0.6) is 0 Å². The number of nitrogens with one attached hydrogen (secondary N) is 1. The second-order valence-electron chi connectivity index (χ2n) is 5.34. The summed E-state index contributed by atoms with van der Waals surface area (Å²) in [5.74, 6) is 0. The van der Waals surface area contributed by atoms with Crippen molar-refractivity contribution in [2.45, 2.75) is 51.2 Å². The van der Waals surface area contributed by atoms with E-state index in [1.54, 1.807) is 0 Å². The highest BCUT2D eigenvalue weighted by Crippen LogP contribution is 2.23. The van der Waals surface area contributed by atoms with Crippen LogP contribution in [0.3, 0.4) is 0 Å². The topological polar surface area (TPSA) is 28.2 Å². The molecule has 1 heterocycles. The summed E-state index contributed by atoms with van der Waals surface area (Å²) in [5, 5.41) is 3.57. The van der Waals surface area contributed by atoms with Gasteiger partial charge in [-0.05, 0) is 50.9 Å². The SMILES string of the molecule is CCNC1CCC(N(C)Cc2cccnc2)CC1. The van der Waals surface area contributed by atoms with Gasteiger partial charge in [-0.3, -0.25) is 9.88 Å². The summed E-state index contributed by atoms with van der Waals surface area (Å²) in [4.78, 5) is 6.67. The van der Waals surface area contributed by atoms with E-state index in [1.807, 2.05) is 18.5 Å². The molecular formula is C15H25N3. The lowest BCUT2D eigenvalue weighted by molar-refractivity contribution is 0.168.